The lowest BCUT2D eigenvalue weighted by Gasteiger charge is -2.28. The van der Waals surface area contributed by atoms with E-state index in [-0.39, 0.29) is 17.4 Å². The van der Waals surface area contributed by atoms with E-state index in [0.717, 1.165) is 73.0 Å². The Hall–Kier alpha value is -4.35. The van der Waals surface area contributed by atoms with E-state index in [9.17, 15) is 13.5 Å². The number of aliphatic hydroxyl groups is 1. The van der Waals surface area contributed by atoms with Crippen LogP contribution in [0, 0.1) is 11.8 Å². The molecule has 3 fully saturated rings. The molecule has 4 aromatic rings. The molecule has 2 atom stereocenters. The lowest BCUT2D eigenvalue weighted by Crippen LogP contribution is -2.35. The van der Waals surface area contributed by atoms with Crippen LogP contribution in [0.3, 0.4) is 0 Å². The fraction of sp³-hybridized carbons (Fsp3) is 0.412. The lowest BCUT2D eigenvalue weighted by molar-refractivity contribution is 0.0342. The SMILES string of the molecule is O=S(=O)(C1CC1)n1cc(-c2nccc(Nc3cc(N[C@H]4CCC[C@@H](O)C4)c(C#Cc4ccc(CN5CCOCC5)cc4)cn3)n2)cn1. The van der Waals surface area contributed by atoms with E-state index in [4.69, 9.17) is 4.74 Å². The highest BCUT2D eigenvalue weighted by Gasteiger charge is 2.37. The fourth-order valence-corrected chi connectivity index (χ4v) is 7.36. The first-order valence-corrected chi connectivity index (χ1v) is 17.6. The number of ether oxygens (including phenoxy) is 1. The molecule has 0 radical (unpaired) electrons. The van der Waals surface area contributed by atoms with Crippen LogP contribution in [0.5, 0.6) is 0 Å². The van der Waals surface area contributed by atoms with E-state index in [1.165, 1.54) is 18.0 Å². The minimum absolute atomic E-state index is 0.114. The second-order valence-electron chi connectivity index (χ2n) is 12.3. The first-order chi connectivity index (χ1) is 22.9. The number of pyridine rings is 1. The van der Waals surface area contributed by atoms with Crippen molar-refractivity contribution >= 4 is 27.3 Å². The number of aromatic nitrogens is 5. The van der Waals surface area contributed by atoms with Crippen LogP contribution in [0.2, 0.25) is 0 Å². The van der Waals surface area contributed by atoms with Crippen molar-refractivity contribution in [3.05, 3.63) is 77.9 Å². The maximum absolute atomic E-state index is 12.6. The number of nitrogens with zero attached hydrogens (tertiary/aromatic N) is 6. The Balaban J connectivity index is 1.09. The highest BCUT2D eigenvalue weighted by atomic mass is 32.2. The van der Waals surface area contributed by atoms with Crippen molar-refractivity contribution in [2.75, 3.05) is 36.9 Å². The van der Waals surface area contributed by atoms with Crippen molar-refractivity contribution in [3.8, 4) is 23.2 Å². The number of aliphatic hydroxyl groups excluding tert-OH is 1. The Labute approximate surface area is 274 Å². The number of morpholine rings is 1. The van der Waals surface area contributed by atoms with Crippen LogP contribution in [0.25, 0.3) is 11.4 Å². The van der Waals surface area contributed by atoms with Crippen LogP contribution in [-0.2, 0) is 21.3 Å². The van der Waals surface area contributed by atoms with Gasteiger partial charge in [0, 0.05) is 49.7 Å². The molecule has 4 heterocycles. The van der Waals surface area contributed by atoms with Gasteiger partial charge in [-0.1, -0.05) is 24.0 Å². The van der Waals surface area contributed by atoms with E-state index >= 15 is 0 Å². The molecule has 13 heteroatoms. The van der Waals surface area contributed by atoms with Gasteiger partial charge in [-0.05, 0) is 62.3 Å². The molecule has 47 heavy (non-hydrogen) atoms. The molecule has 7 rings (SSSR count). The summed E-state index contributed by atoms with van der Waals surface area (Å²) in [6, 6.07) is 12.1. The normalized spacial score (nSPS) is 20.3. The molecule has 2 aliphatic carbocycles. The van der Waals surface area contributed by atoms with Crippen molar-refractivity contribution in [3.63, 3.8) is 0 Å². The summed E-state index contributed by atoms with van der Waals surface area (Å²) >= 11 is 0. The summed E-state index contributed by atoms with van der Waals surface area (Å²) in [7, 11) is -3.48. The molecule has 3 aromatic heterocycles. The third-order valence-electron chi connectivity index (χ3n) is 8.65. The van der Waals surface area contributed by atoms with E-state index in [0.29, 0.717) is 42.3 Å². The van der Waals surface area contributed by atoms with Gasteiger partial charge in [0.1, 0.15) is 11.6 Å². The van der Waals surface area contributed by atoms with Gasteiger partial charge in [-0.2, -0.15) is 9.19 Å². The molecule has 3 aliphatic rings. The molecule has 0 bridgehead atoms. The van der Waals surface area contributed by atoms with Crippen molar-refractivity contribution < 1.29 is 18.3 Å². The smallest absolute Gasteiger partial charge is 0.256 e. The highest BCUT2D eigenvalue weighted by molar-refractivity contribution is 7.90. The number of benzene rings is 1. The van der Waals surface area contributed by atoms with Crippen LogP contribution in [0.1, 0.15) is 55.2 Å². The zero-order chi connectivity index (χ0) is 32.2. The number of nitrogens with one attached hydrogen (secondary N) is 2. The van der Waals surface area contributed by atoms with E-state index in [1.807, 2.05) is 6.07 Å². The quantitative estimate of drug-likeness (QED) is 0.227. The standard InChI is InChI=1S/C34H38N8O4S/c43-29-3-1-2-28(18-29)38-31-19-33(36-20-26(31)9-8-24-4-6-25(7-5-24)22-41-14-16-46-17-15-41)39-32-12-13-35-34(40-32)27-21-37-42(23-27)47(44,45)30-10-11-30/h4-7,12-13,19-21,23,28-30,43H,1-3,10-11,14-18,22H2,(H2,35,36,38,39,40)/t28-,29+/m0/s1. The third-order valence-corrected chi connectivity index (χ3v) is 10.7. The van der Waals surface area contributed by atoms with Gasteiger partial charge in [0.2, 0.25) is 0 Å². The fourth-order valence-electron chi connectivity index (χ4n) is 5.88. The molecular weight excluding hydrogens is 616 g/mol. The number of anilines is 3. The molecule has 0 unspecified atom stereocenters. The van der Waals surface area contributed by atoms with Gasteiger partial charge >= 0.3 is 0 Å². The summed E-state index contributed by atoms with van der Waals surface area (Å²) in [6.45, 7) is 4.36. The van der Waals surface area contributed by atoms with Crippen LogP contribution < -0.4 is 10.6 Å². The van der Waals surface area contributed by atoms with Gasteiger partial charge in [0.15, 0.2) is 5.82 Å². The predicted molar refractivity (Wildman–Crippen MR) is 179 cm³/mol. The average molecular weight is 655 g/mol. The Bertz CT molecular complexity index is 1880. The summed E-state index contributed by atoms with van der Waals surface area (Å²) < 4.78 is 31.6. The third kappa shape index (κ3) is 7.80. The van der Waals surface area contributed by atoms with Gasteiger partial charge in [-0.15, -0.1) is 0 Å². The highest BCUT2D eigenvalue weighted by Crippen LogP contribution is 2.31. The Morgan fingerprint density at radius 2 is 1.81 bits per heavy atom. The van der Waals surface area contributed by atoms with Gasteiger partial charge in [-0.3, -0.25) is 4.90 Å². The maximum atomic E-state index is 12.6. The Kier molecular flexibility index (Phi) is 9.17. The van der Waals surface area contributed by atoms with E-state index in [2.05, 4.69) is 71.7 Å². The minimum Gasteiger partial charge on any atom is -0.393 e. The molecular formula is C34H38N8O4S. The van der Waals surface area contributed by atoms with Gasteiger partial charge in [0.05, 0.1) is 53.8 Å². The largest absolute Gasteiger partial charge is 0.393 e. The summed E-state index contributed by atoms with van der Waals surface area (Å²) in [4.78, 5) is 15.9. The molecule has 0 spiro atoms. The average Bonchev–Trinajstić information content (AvgIpc) is 3.83. The van der Waals surface area contributed by atoms with Crippen molar-refractivity contribution in [1.29, 1.82) is 0 Å². The van der Waals surface area contributed by atoms with Gasteiger partial charge < -0.3 is 20.5 Å². The predicted octanol–water partition coefficient (Wildman–Crippen LogP) is 3.77. The zero-order valence-corrected chi connectivity index (χ0v) is 26.9. The minimum atomic E-state index is -3.48. The monoisotopic (exact) mass is 654 g/mol. The lowest BCUT2D eigenvalue weighted by atomic mass is 9.92. The molecule has 3 N–H and O–H groups in total. The van der Waals surface area contributed by atoms with Crippen molar-refractivity contribution in [2.45, 2.75) is 62.5 Å². The van der Waals surface area contributed by atoms with Crippen molar-refractivity contribution in [2.24, 2.45) is 0 Å². The number of hydrogen-bond acceptors (Lipinski definition) is 11. The van der Waals surface area contributed by atoms with E-state index in [1.54, 1.807) is 18.5 Å². The van der Waals surface area contributed by atoms with Crippen LogP contribution in [-0.4, -0.2) is 86.3 Å². The molecule has 12 nitrogen and oxygen atoms in total. The van der Waals surface area contributed by atoms with E-state index < -0.39 is 10.0 Å². The molecule has 0 amide bonds. The second-order valence-corrected chi connectivity index (χ2v) is 14.4. The number of rotatable bonds is 9. The molecule has 2 saturated carbocycles. The second kappa shape index (κ2) is 13.8. The molecule has 1 saturated heterocycles. The first-order valence-electron chi connectivity index (χ1n) is 16.1. The summed E-state index contributed by atoms with van der Waals surface area (Å²) in [5, 5.41) is 20.8. The van der Waals surface area contributed by atoms with Gasteiger partial charge in [-0.25, -0.2) is 23.4 Å². The molecule has 244 valence electrons. The maximum Gasteiger partial charge on any atom is 0.256 e. The summed E-state index contributed by atoms with van der Waals surface area (Å²) in [6.07, 6.45) is 10.6. The first kappa shape index (κ1) is 31.3. The Morgan fingerprint density at radius 1 is 0.979 bits per heavy atom. The van der Waals surface area contributed by atoms with Gasteiger partial charge in [0.25, 0.3) is 10.0 Å². The van der Waals surface area contributed by atoms with Crippen molar-refractivity contribution in [1.82, 2.24) is 29.0 Å². The zero-order valence-electron chi connectivity index (χ0n) is 26.0. The van der Waals surface area contributed by atoms with Crippen LogP contribution in [0.4, 0.5) is 17.3 Å². The van der Waals surface area contributed by atoms with Crippen LogP contribution in [0.15, 0.2) is 61.2 Å². The molecule has 1 aromatic carbocycles. The Morgan fingerprint density at radius 3 is 2.60 bits per heavy atom. The topological polar surface area (TPSA) is 147 Å². The number of hydrogen-bond donors (Lipinski definition) is 3. The summed E-state index contributed by atoms with van der Waals surface area (Å²) in [5.74, 6) is 7.99. The summed E-state index contributed by atoms with van der Waals surface area (Å²) in [5.41, 5.74) is 4.24. The molecule has 1 aliphatic heterocycles. The van der Waals surface area contributed by atoms with Crippen LogP contribution >= 0.6 is 0 Å².